The summed E-state index contributed by atoms with van der Waals surface area (Å²) >= 11 is 0. The van der Waals surface area contributed by atoms with E-state index in [0.29, 0.717) is 18.4 Å². The lowest BCUT2D eigenvalue weighted by Gasteiger charge is -2.22. The van der Waals surface area contributed by atoms with E-state index in [-0.39, 0.29) is 12.1 Å². The zero-order valence-corrected chi connectivity index (χ0v) is 12.2. The van der Waals surface area contributed by atoms with Gasteiger partial charge in [-0.05, 0) is 37.8 Å². The van der Waals surface area contributed by atoms with Crippen molar-refractivity contribution < 1.29 is 9.32 Å². The van der Waals surface area contributed by atoms with Crippen molar-refractivity contribution in [1.82, 2.24) is 15.0 Å². The molecule has 1 unspecified atom stereocenters. The summed E-state index contributed by atoms with van der Waals surface area (Å²) in [7, 11) is 0. The highest BCUT2D eigenvalue weighted by Crippen LogP contribution is 2.39. The van der Waals surface area contributed by atoms with Gasteiger partial charge in [-0.1, -0.05) is 23.4 Å². The number of hydrogen-bond acceptors (Lipinski definition) is 4. The Morgan fingerprint density at radius 3 is 2.82 bits per heavy atom. The fourth-order valence-corrected chi connectivity index (χ4v) is 2.87. The van der Waals surface area contributed by atoms with Crippen LogP contribution < -0.4 is 5.32 Å². The van der Waals surface area contributed by atoms with Crippen LogP contribution in [0.4, 0.5) is 10.5 Å². The summed E-state index contributed by atoms with van der Waals surface area (Å²) in [5, 5.41) is 6.98. The molecular weight excluding hydrogens is 280 g/mol. The first-order chi connectivity index (χ1) is 10.8. The van der Waals surface area contributed by atoms with Crippen LogP contribution in [0.3, 0.4) is 0 Å². The standard InChI is InChI=1S/C16H18N4O2/c21-16(17-12-5-2-1-3-6-12)20-10-4-7-13(20)15-18-14(19-22-15)11-8-9-11/h1-3,5-6,11,13H,4,7-10H2,(H,17,21). The van der Waals surface area contributed by atoms with E-state index in [2.05, 4.69) is 15.5 Å². The van der Waals surface area contributed by atoms with Gasteiger partial charge in [-0.2, -0.15) is 4.98 Å². The first kappa shape index (κ1) is 13.3. The van der Waals surface area contributed by atoms with Gasteiger partial charge in [-0.25, -0.2) is 4.79 Å². The van der Waals surface area contributed by atoms with Gasteiger partial charge in [0, 0.05) is 18.2 Å². The molecule has 1 saturated carbocycles. The lowest BCUT2D eigenvalue weighted by atomic mass is 10.2. The summed E-state index contributed by atoms with van der Waals surface area (Å²) < 4.78 is 5.40. The highest BCUT2D eigenvalue weighted by Gasteiger charge is 2.36. The highest BCUT2D eigenvalue weighted by molar-refractivity contribution is 5.89. The molecule has 2 aliphatic rings. The summed E-state index contributed by atoms with van der Waals surface area (Å²) in [4.78, 5) is 18.8. The molecule has 1 aromatic heterocycles. The molecule has 114 valence electrons. The van der Waals surface area contributed by atoms with Crippen molar-refractivity contribution in [3.63, 3.8) is 0 Å². The van der Waals surface area contributed by atoms with Crippen molar-refractivity contribution in [1.29, 1.82) is 0 Å². The molecule has 1 atom stereocenters. The third kappa shape index (κ3) is 2.56. The molecule has 0 radical (unpaired) electrons. The zero-order chi connectivity index (χ0) is 14.9. The second-order valence-corrected chi connectivity index (χ2v) is 5.91. The van der Waals surface area contributed by atoms with Crippen molar-refractivity contribution >= 4 is 11.7 Å². The van der Waals surface area contributed by atoms with Crippen molar-refractivity contribution in [3.8, 4) is 0 Å². The Hall–Kier alpha value is -2.37. The molecule has 22 heavy (non-hydrogen) atoms. The van der Waals surface area contributed by atoms with E-state index in [1.807, 2.05) is 30.3 Å². The van der Waals surface area contributed by atoms with E-state index in [4.69, 9.17) is 4.52 Å². The van der Waals surface area contributed by atoms with Crippen LogP contribution >= 0.6 is 0 Å². The molecule has 1 saturated heterocycles. The van der Waals surface area contributed by atoms with E-state index in [0.717, 1.165) is 37.2 Å². The van der Waals surface area contributed by atoms with Gasteiger partial charge in [-0.15, -0.1) is 0 Å². The molecule has 6 nitrogen and oxygen atoms in total. The van der Waals surface area contributed by atoms with Gasteiger partial charge in [0.2, 0.25) is 5.89 Å². The van der Waals surface area contributed by atoms with E-state index < -0.39 is 0 Å². The third-order valence-corrected chi connectivity index (χ3v) is 4.22. The van der Waals surface area contributed by atoms with Crippen LogP contribution in [-0.4, -0.2) is 27.6 Å². The third-order valence-electron chi connectivity index (χ3n) is 4.22. The van der Waals surface area contributed by atoms with Crippen LogP contribution in [0.1, 0.15) is 49.4 Å². The summed E-state index contributed by atoms with van der Waals surface area (Å²) in [6, 6.07) is 9.26. The van der Waals surface area contributed by atoms with Crippen molar-refractivity contribution in [2.75, 3.05) is 11.9 Å². The minimum absolute atomic E-state index is 0.108. The molecular formula is C16H18N4O2. The molecule has 4 rings (SSSR count). The number of benzene rings is 1. The number of carbonyl (C=O) groups excluding carboxylic acids is 1. The van der Waals surface area contributed by atoms with Crippen molar-refractivity contribution in [2.24, 2.45) is 0 Å². The molecule has 0 spiro atoms. The van der Waals surface area contributed by atoms with Crippen LogP contribution in [0.2, 0.25) is 0 Å². The Kier molecular flexibility index (Phi) is 3.29. The number of amides is 2. The van der Waals surface area contributed by atoms with Crippen LogP contribution in [0.5, 0.6) is 0 Å². The predicted molar refractivity (Wildman–Crippen MR) is 80.4 cm³/mol. The molecule has 6 heteroatoms. The van der Waals surface area contributed by atoms with Gasteiger partial charge in [-0.3, -0.25) is 0 Å². The Balaban J connectivity index is 1.48. The summed E-state index contributed by atoms with van der Waals surface area (Å²) in [6.45, 7) is 0.713. The van der Waals surface area contributed by atoms with E-state index in [1.165, 1.54) is 0 Å². The lowest BCUT2D eigenvalue weighted by molar-refractivity contribution is 0.193. The Bertz CT molecular complexity index is 666. The SMILES string of the molecule is O=C(Nc1ccccc1)N1CCCC1c1nc(C2CC2)no1. The number of hydrogen-bond donors (Lipinski definition) is 1. The second-order valence-electron chi connectivity index (χ2n) is 5.91. The topological polar surface area (TPSA) is 71.3 Å². The molecule has 1 aliphatic carbocycles. The van der Waals surface area contributed by atoms with Gasteiger partial charge in [0.15, 0.2) is 5.82 Å². The smallest absolute Gasteiger partial charge is 0.322 e. The number of anilines is 1. The first-order valence-corrected chi connectivity index (χ1v) is 7.77. The van der Waals surface area contributed by atoms with E-state index >= 15 is 0 Å². The number of carbonyl (C=O) groups is 1. The maximum Gasteiger partial charge on any atom is 0.322 e. The highest BCUT2D eigenvalue weighted by atomic mass is 16.5. The number of para-hydroxylation sites is 1. The van der Waals surface area contributed by atoms with Gasteiger partial charge < -0.3 is 14.7 Å². The van der Waals surface area contributed by atoms with Crippen LogP contribution in [0.25, 0.3) is 0 Å². The Morgan fingerprint density at radius 1 is 1.23 bits per heavy atom. The second kappa shape index (κ2) is 5.44. The number of aromatic nitrogens is 2. The van der Waals surface area contributed by atoms with Gasteiger partial charge >= 0.3 is 6.03 Å². The summed E-state index contributed by atoms with van der Waals surface area (Å²) in [5.41, 5.74) is 0.794. The molecule has 2 amide bonds. The van der Waals surface area contributed by atoms with Gasteiger partial charge in [0.25, 0.3) is 0 Å². The quantitative estimate of drug-likeness (QED) is 0.943. The van der Waals surface area contributed by atoms with Crippen molar-refractivity contribution in [2.45, 2.75) is 37.6 Å². The molecule has 1 N–H and O–H groups in total. The van der Waals surface area contributed by atoms with E-state index in [1.54, 1.807) is 4.90 Å². The molecule has 2 aromatic rings. The molecule has 1 aliphatic heterocycles. The van der Waals surface area contributed by atoms with E-state index in [9.17, 15) is 4.79 Å². The average Bonchev–Trinajstić information content (AvgIpc) is 3.08. The number of rotatable bonds is 3. The summed E-state index contributed by atoms with van der Waals surface area (Å²) in [5.74, 6) is 1.83. The van der Waals surface area contributed by atoms with Crippen LogP contribution in [0, 0.1) is 0 Å². The molecule has 0 bridgehead atoms. The number of urea groups is 1. The number of nitrogens with one attached hydrogen (secondary N) is 1. The van der Waals surface area contributed by atoms with Crippen LogP contribution in [0.15, 0.2) is 34.9 Å². The van der Waals surface area contributed by atoms with Gasteiger partial charge in [0.1, 0.15) is 6.04 Å². The van der Waals surface area contributed by atoms with Gasteiger partial charge in [0.05, 0.1) is 0 Å². The fraction of sp³-hybridized carbons (Fsp3) is 0.438. The average molecular weight is 298 g/mol. The fourth-order valence-electron chi connectivity index (χ4n) is 2.87. The maximum absolute atomic E-state index is 12.5. The predicted octanol–water partition coefficient (Wildman–Crippen LogP) is 3.32. The Morgan fingerprint density at radius 2 is 2.05 bits per heavy atom. The normalized spacial score (nSPS) is 21.1. The maximum atomic E-state index is 12.5. The number of nitrogens with zero attached hydrogens (tertiary/aromatic N) is 3. The minimum Gasteiger partial charge on any atom is -0.337 e. The lowest BCUT2D eigenvalue weighted by Crippen LogP contribution is -2.34. The first-order valence-electron chi connectivity index (χ1n) is 7.77. The van der Waals surface area contributed by atoms with Crippen LogP contribution in [-0.2, 0) is 0 Å². The minimum atomic E-state index is -0.111. The van der Waals surface area contributed by atoms with Crippen molar-refractivity contribution in [3.05, 3.63) is 42.0 Å². The number of likely N-dealkylation sites (tertiary alicyclic amines) is 1. The summed E-state index contributed by atoms with van der Waals surface area (Å²) in [6.07, 6.45) is 4.10. The molecule has 2 fully saturated rings. The Labute approximate surface area is 128 Å². The molecule has 2 heterocycles. The monoisotopic (exact) mass is 298 g/mol. The molecule has 1 aromatic carbocycles. The zero-order valence-electron chi connectivity index (χ0n) is 12.2. The largest absolute Gasteiger partial charge is 0.337 e.